The van der Waals surface area contributed by atoms with Crippen LogP contribution in [0.1, 0.15) is 29.2 Å². The monoisotopic (exact) mass is 399 g/mol. The maximum Gasteiger partial charge on any atom is 0.265 e. The summed E-state index contributed by atoms with van der Waals surface area (Å²) >= 11 is 13.6. The minimum Gasteiger partial charge on any atom is -0.340 e. The minimum absolute atomic E-state index is 0.00140. The molecule has 0 saturated carbocycles. The van der Waals surface area contributed by atoms with E-state index in [9.17, 15) is 4.79 Å². The van der Waals surface area contributed by atoms with E-state index in [1.807, 2.05) is 20.0 Å². The standard InChI is InChI=1S/C18H23Cl2N3OS/c1-5-23(6-2)10-9-22(4)18(24)16-12(3)21-17(25-16)14-8-7-13(19)11-15(14)20/h7-8,11H,5-6,9-10H2,1-4H3. The van der Waals surface area contributed by atoms with Gasteiger partial charge < -0.3 is 9.80 Å². The van der Waals surface area contributed by atoms with Gasteiger partial charge in [0.25, 0.3) is 5.91 Å². The number of aromatic nitrogens is 1. The number of likely N-dealkylation sites (N-methyl/N-ethyl adjacent to an activating group) is 2. The molecule has 0 bridgehead atoms. The summed E-state index contributed by atoms with van der Waals surface area (Å²) in [6.07, 6.45) is 0. The third-order valence-electron chi connectivity index (χ3n) is 4.15. The van der Waals surface area contributed by atoms with Crippen LogP contribution in [0.15, 0.2) is 18.2 Å². The molecule has 25 heavy (non-hydrogen) atoms. The number of carbonyl (C=O) groups excluding carboxylic acids is 1. The Morgan fingerprint density at radius 3 is 2.48 bits per heavy atom. The average molecular weight is 400 g/mol. The molecule has 7 heteroatoms. The molecule has 1 amide bonds. The maximum absolute atomic E-state index is 12.8. The number of rotatable bonds is 7. The number of amides is 1. The van der Waals surface area contributed by atoms with Crippen LogP contribution in [-0.4, -0.2) is 53.9 Å². The molecule has 0 aliphatic carbocycles. The van der Waals surface area contributed by atoms with Crippen LogP contribution in [-0.2, 0) is 0 Å². The van der Waals surface area contributed by atoms with Crippen molar-refractivity contribution >= 4 is 40.4 Å². The summed E-state index contributed by atoms with van der Waals surface area (Å²) in [7, 11) is 1.83. The van der Waals surface area contributed by atoms with E-state index in [-0.39, 0.29) is 5.91 Å². The van der Waals surface area contributed by atoms with Gasteiger partial charge in [-0.1, -0.05) is 37.0 Å². The SMILES string of the molecule is CCN(CC)CCN(C)C(=O)c1sc(-c2ccc(Cl)cc2Cl)nc1C. The third kappa shape index (κ3) is 4.94. The van der Waals surface area contributed by atoms with E-state index in [0.29, 0.717) is 21.5 Å². The molecule has 0 N–H and O–H groups in total. The summed E-state index contributed by atoms with van der Waals surface area (Å²) in [5.74, 6) is -0.00140. The Balaban J connectivity index is 2.17. The summed E-state index contributed by atoms with van der Waals surface area (Å²) < 4.78 is 0. The lowest BCUT2D eigenvalue weighted by atomic mass is 10.2. The van der Waals surface area contributed by atoms with E-state index in [2.05, 4.69) is 23.7 Å². The van der Waals surface area contributed by atoms with Gasteiger partial charge in [-0.3, -0.25) is 4.79 Å². The molecule has 2 rings (SSSR count). The molecule has 0 fully saturated rings. The van der Waals surface area contributed by atoms with Crippen LogP contribution in [0, 0.1) is 6.92 Å². The first-order valence-corrected chi connectivity index (χ1v) is 9.85. The lowest BCUT2D eigenvalue weighted by Crippen LogP contribution is -2.36. The quantitative estimate of drug-likeness (QED) is 0.667. The molecule has 136 valence electrons. The number of hydrogen-bond donors (Lipinski definition) is 0. The number of aryl methyl sites for hydroxylation is 1. The fourth-order valence-electron chi connectivity index (χ4n) is 2.48. The van der Waals surface area contributed by atoms with Gasteiger partial charge in [0.05, 0.1) is 10.7 Å². The molecular weight excluding hydrogens is 377 g/mol. The molecule has 0 aliphatic rings. The van der Waals surface area contributed by atoms with Gasteiger partial charge in [-0.2, -0.15) is 0 Å². The van der Waals surface area contributed by atoms with Gasteiger partial charge in [-0.25, -0.2) is 4.98 Å². The Morgan fingerprint density at radius 2 is 1.88 bits per heavy atom. The van der Waals surface area contributed by atoms with Gasteiger partial charge in [-0.05, 0) is 38.2 Å². The zero-order valence-corrected chi connectivity index (χ0v) is 17.3. The highest BCUT2D eigenvalue weighted by molar-refractivity contribution is 7.17. The number of benzene rings is 1. The van der Waals surface area contributed by atoms with Crippen molar-refractivity contribution in [2.45, 2.75) is 20.8 Å². The zero-order chi connectivity index (χ0) is 18.6. The van der Waals surface area contributed by atoms with Gasteiger partial charge in [0.2, 0.25) is 0 Å². The predicted octanol–water partition coefficient (Wildman–Crippen LogP) is 4.84. The summed E-state index contributed by atoms with van der Waals surface area (Å²) in [5, 5.41) is 1.85. The summed E-state index contributed by atoms with van der Waals surface area (Å²) in [6, 6.07) is 5.30. The predicted molar refractivity (Wildman–Crippen MR) is 107 cm³/mol. The molecule has 4 nitrogen and oxygen atoms in total. The second-order valence-electron chi connectivity index (χ2n) is 5.81. The Hall–Kier alpha value is -1.14. The van der Waals surface area contributed by atoms with Crippen molar-refractivity contribution in [2.24, 2.45) is 0 Å². The van der Waals surface area contributed by atoms with Crippen molar-refractivity contribution in [2.75, 3.05) is 33.2 Å². The van der Waals surface area contributed by atoms with Crippen molar-refractivity contribution in [3.05, 3.63) is 38.8 Å². The van der Waals surface area contributed by atoms with E-state index >= 15 is 0 Å². The molecule has 0 radical (unpaired) electrons. The van der Waals surface area contributed by atoms with Crippen molar-refractivity contribution in [3.63, 3.8) is 0 Å². The largest absolute Gasteiger partial charge is 0.340 e. The summed E-state index contributed by atoms with van der Waals surface area (Å²) in [4.78, 5) is 22.0. The molecule has 2 aromatic rings. The van der Waals surface area contributed by atoms with E-state index in [1.165, 1.54) is 11.3 Å². The lowest BCUT2D eigenvalue weighted by Gasteiger charge is -2.22. The molecule has 1 aromatic heterocycles. The first-order valence-electron chi connectivity index (χ1n) is 8.28. The van der Waals surface area contributed by atoms with Crippen LogP contribution in [0.4, 0.5) is 0 Å². The molecule has 0 aliphatic heterocycles. The van der Waals surface area contributed by atoms with Crippen LogP contribution < -0.4 is 0 Å². The van der Waals surface area contributed by atoms with Crippen LogP contribution in [0.5, 0.6) is 0 Å². The Kier molecular flexibility index (Phi) is 7.25. The van der Waals surface area contributed by atoms with Crippen LogP contribution >= 0.6 is 34.5 Å². The highest BCUT2D eigenvalue weighted by Crippen LogP contribution is 2.34. The molecule has 0 atom stereocenters. The van der Waals surface area contributed by atoms with Gasteiger partial charge >= 0.3 is 0 Å². The Morgan fingerprint density at radius 1 is 1.20 bits per heavy atom. The normalized spacial score (nSPS) is 11.2. The first kappa shape index (κ1) is 20.2. The van der Waals surface area contributed by atoms with Crippen molar-refractivity contribution in [1.29, 1.82) is 0 Å². The first-order chi connectivity index (χ1) is 11.9. The fraction of sp³-hybridized carbons (Fsp3) is 0.444. The van der Waals surface area contributed by atoms with E-state index < -0.39 is 0 Å². The van der Waals surface area contributed by atoms with Gasteiger partial charge in [0.1, 0.15) is 9.88 Å². The highest BCUT2D eigenvalue weighted by atomic mass is 35.5. The minimum atomic E-state index is -0.00140. The molecular formula is C18H23Cl2N3OS. The molecule has 0 unspecified atom stereocenters. The van der Waals surface area contributed by atoms with Crippen LogP contribution in [0.3, 0.4) is 0 Å². The number of halogens is 2. The van der Waals surface area contributed by atoms with Crippen LogP contribution in [0.2, 0.25) is 10.0 Å². The number of nitrogens with zero attached hydrogens (tertiary/aromatic N) is 3. The van der Waals surface area contributed by atoms with Crippen LogP contribution in [0.25, 0.3) is 10.6 Å². The number of hydrogen-bond acceptors (Lipinski definition) is 4. The topological polar surface area (TPSA) is 36.4 Å². The van der Waals surface area contributed by atoms with Gasteiger partial charge in [0, 0.05) is 30.7 Å². The Labute approximate surface area is 163 Å². The summed E-state index contributed by atoms with van der Waals surface area (Å²) in [6.45, 7) is 9.63. The molecule has 0 saturated heterocycles. The van der Waals surface area contributed by atoms with E-state index in [1.54, 1.807) is 17.0 Å². The van der Waals surface area contributed by atoms with Gasteiger partial charge in [0.15, 0.2) is 0 Å². The average Bonchev–Trinajstić information content (AvgIpc) is 2.96. The number of carbonyl (C=O) groups is 1. The smallest absolute Gasteiger partial charge is 0.265 e. The second kappa shape index (κ2) is 8.99. The molecule has 0 spiro atoms. The van der Waals surface area contributed by atoms with E-state index in [0.717, 1.165) is 35.9 Å². The fourth-order valence-corrected chi connectivity index (χ4v) is 4.13. The van der Waals surface area contributed by atoms with Gasteiger partial charge in [-0.15, -0.1) is 11.3 Å². The zero-order valence-electron chi connectivity index (χ0n) is 15.0. The lowest BCUT2D eigenvalue weighted by molar-refractivity contribution is 0.0783. The summed E-state index contributed by atoms with van der Waals surface area (Å²) in [5.41, 5.74) is 1.52. The van der Waals surface area contributed by atoms with Crippen molar-refractivity contribution in [1.82, 2.24) is 14.8 Å². The third-order valence-corrected chi connectivity index (χ3v) is 5.87. The van der Waals surface area contributed by atoms with E-state index in [4.69, 9.17) is 23.2 Å². The maximum atomic E-state index is 12.8. The molecule has 1 aromatic carbocycles. The highest BCUT2D eigenvalue weighted by Gasteiger charge is 2.20. The second-order valence-corrected chi connectivity index (χ2v) is 7.65. The Bertz CT molecular complexity index is 744. The van der Waals surface area contributed by atoms with Crippen molar-refractivity contribution in [3.8, 4) is 10.6 Å². The molecule has 1 heterocycles. The van der Waals surface area contributed by atoms with Crippen molar-refractivity contribution < 1.29 is 4.79 Å². The number of thiazole rings is 1.